The molecule has 1 atom stereocenters. The summed E-state index contributed by atoms with van der Waals surface area (Å²) in [7, 11) is 1.52. The van der Waals surface area contributed by atoms with Crippen LogP contribution in [0.15, 0.2) is 24.3 Å². The number of halogens is 1. The van der Waals surface area contributed by atoms with Gasteiger partial charge in [0.05, 0.1) is 5.54 Å². The van der Waals surface area contributed by atoms with Gasteiger partial charge in [-0.3, -0.25) is 9.59 Å². The number of hydrogen-bond acceptors (Lipinski definition) is 3. The molecule has 0 N–H and O–H groups in total. The first-order valence-corrected chi connectivity index (χ1v) is 7.93. The third-order valence-corrected chi connectivity index (χ3v) is 4.96. The number of nitrogens with zero attached hydrogens (tertiary/aromatic N) is 2. The molecule has 2 fully saturated rings. The molecule has 2 heterocycles. The number of carbonyl (C=O) groups excluding carboxylic acids is 2. The third kappa shape index (κ3) is 2.41. The molecular formula is C17H21FN2O3. The van der Waals surface area contributed by atoms with Crippen LogP contribution in [0.2, 0.25) is 0 Å². The average Bonchev–Trinajstić information content (AvgIpc) is 2.55. The number of hydrogen-bond donors (Lipinski definition) is 0. The maximum Gasteiger partial charge on any atom is 0.259 e. The second kappa shape index (κ2) is 5.92. The standard InChI is InChI=1S/C17H21FN2O3/c1-3-14(21)19-9-7-17(8-10-19)15(23-2)16(22)20(17)13-6-4-5-12(18)11-13/h4-6,11,15H,3,7-10H2,1-2H3. The third-order valence-electron chi connectivity index (χ3n) is 4.96. The van der Waals surface area contributed by atoms with Crippen LogP contribution in [0.25, 0.3) is 0 Å². The van der Waals surface area contributed by atoms with Crippen molar-refractivity contribution in [3.63, 3.8) is 0 Å². The van der Waals surface area contributed by atoms with Crippen molar-refractivity contribution in [1.82, 2.24) is 4.90 Å². The first-order chi connectivity index (χ1) is 11.0. The molecule has 0 aliphatic carbocycles. The van der Waals surface area contributed by atoms with Gasteiger partial charge >= 0.3 is 0 Å². The van der Waals surface area contributed by atoms with E-state index in [4.69, 9.17) is 4.74 Å². The van der Waals surface area contributed by atoms with Gasteiger partial charge in [-0.25, -0.2) is 4.39 Å². The van der Waals surface area contributed by atoms with E-state index in [0.29, 0.717) is 38.0 Å². The van der Waals surface area contributed by atoms with E-state index in [0.717, 1.165) is 0 Å². The summed E-state index contributed by atoms with van der Waals surface area (Å²) in [6.45, 7) is 3.02. The summed E-state index contributed by atoms with van der Waals surface area (Å²) in [5.41, 5.74) is 0.0722. The normalized spacial score (nSPS) is 23.1. The Balaban J connectivity index is 1.86. The molecule has 0 aromatic heterocycles. The van der Waals surface area contributed by atoms with Crippen LogP contribution in [0.3, 0.4) is 0 Å². The number of piperidine rings is 1. The zero-order valence-electron chi connectivity index (χ0n) is 13.4. The maximum atomic E-state index is 13.5. The van der Waals surface area contributed by atoms with Gasteiger partial charge in [0.15, 0.2) is 6.10 Å². The van der Waals surface area contributed by atoms with Crippen LogP contribution in [0, 0.1) is 5.82 Å². The van der Waals surface area contributed by atoms with Crippen molar-refractivity contribution in [2.75, 3.05) is 25.1 Å². The average molecular weight is 320 g/mol. The van der Waals surface area contributed by atoms with E-state index >= 15 is 0 Å². The van der Waals surface area contributed by atoms with Crippen molar-refractivity contribution in [2.24, 2.45) is 0 Å². The number of amides is 2. The van der Waals surface area contributed by atoms with Crippen LogP contribution in [0.4, 0.5) is 10.1 Å². The minimum atomic E-state index is -0.523. The van der Waals surface area contributed by atoms with Crippen LogP contribution in [-0.2, 0) is 14.3 Å². The second-order valence-electron chi connectivity index (χ2n) is 6.11. The molecule has 5 nitrogen and oxygen atoms in total. The minimum Gasteiger partial charge on any atom is -0.369 e. The van der Waals surface area contributed by atoms with Crippen LogP contribution in [0.1, 0.15) is 26.2 Å². The molecule has 3 rings (SSSR count). The highest BCUT2D eigenvalue weighted by molar-refractivity contribution is 6.06. The van der Waals surface area contributed by atoms with Crippen molar-refractivity contribution in [1.29, 1.82) is 0 Å². The summed E-state index contributed by atoms with van der Waals surface area (Å²) in [6, 6.07) is 6.06. The lowest BCUT2D eigenvalue weighted by Gasteiger charge is -2.59. The smallest absolute Gasteiger partial charge is 0.259 e. The molecule has 1 unspecified atom stereocenters. The van der Waals surface area contributed by atoms with Crippen LogP contribution >= 0.6 is 0 Å². The molecule has 2 saturated heterocycles. The van der Waals surface area contributed by atoms with Gasteiger partial charge in [0.1, 0.15) is 5.82 Å². The number of methoxy groups -OCH3 is 1. The van der Waals surface area contributed by atoms with Gasteiger partial charge in [-0.1, -0.05) is 13.0 Å². The number of rotatable bonds is 3. The van der Waals surface area contributed by atoms with Gasteiger partial charge in [-0.2, -0.15) is 0 Å². The molecule has 6 heteroatoms. The van der Waals surface area contributed by atoms with Crippen molar-refractivity contribution >= 4 is 17.5 Å². The molecule has 0 radical (unpaired) electrons. The van der Waals surface area contributed by atoms with E-state index in [1.54, 1.807) is 17.0 Å². The predicted molar refractivity (Wildman–Crippen MR) is 83.5 cm³/mol. The van der Waals surface area contributed by atoms with Crippen molar-refractivity contribution in [3.8, 4) is 0 Å². The lowest BCUT2D eigenvalue weighted by Crippen LogP contribution is -2.78. The lowest BCUT2D eigenvalue weighted by molar-refractivity contribution is -0.152. The predicted octanol–water partition coefficient (Wildman–Crippen LogP) is 1.96. The Hall–Kier alpha value is -1.95. The summed E-state index contributed by atoms with van der Waals surface area (Å²) in [6.07, 6.45) is 1.23. The molecule has 1 aromatic rings. The van der Waals surface area contributed by atoms with Crippen LogP contribution < -0.4 is 4.90 Å². The molecule has 124 valence electrons. The number of anilines is 1. The Bertz CT molecular complexity index is 626. The number of ether oxygens (including phenoxy) is 1. The lowest BCUT2D eigenvalue weighted by atomic mass is 9.72. The molecule has 2 amide bonds. The second-order valence-corrected chi connectivity index (χ2v) is 6.11. The summed E-state index contributed by atoms with van der Waals surface area (Å²) < 4.78 is 18.9. The molecule has 2 aliphatic heterocycles. The van der Waals surface area contributed by atoms with Gasteiger partial charge in [0.25, 0.3) is 5.91 Å². The van der Waals surface area contributed by atoms with Crippen molar-refractivity contribution in [3.05, 3.63) is 30.1 Å². The first kappa shape index (κ1) is 15.9. The molecule has 0 saturated carbocycles. The highest BCUT2D eigenvalue weighted by Gasteiger charge is 2.62. The topological polar surface area (TPSA) is 49.9 Å². The Morgan fingerprint density at radius 1 is 1.39 bits per heavy atom. The summed E-state index contributed by atoms with van der Waals surface area (Å²) >= 11 is 0. The SMILES string of the molecule is CCC(=O)N1CCC2(CC1)C(OC)C(=O)N2c1cccc(F)c1. The molecule has 1 spiro atoms. The Morgan fingerprint density at radius 3 is 2.65 bits per heavy atom. The van der Waals surface area contributed by atoms with Gasteiger partial charge in [0.2, 0.25) is 5.91 Å². The van der Waals surface area contributed by atoms with E-state index in [1.807, 2.05) is 11.8 Å². The monoisotopic (exact) mass is 320 g/mol. The minimum absolute atomic E-state index is 0.122. The quantitative estimate of drug-likeness (QED) is 0.800. The molecule has 23 heavy (non-hydrogen) atoms. The van der Waals surface area contributed by atoms with Gasteiger partial charge in [-0.05, 0) is 31.0 Å². The van der Waals surface area contributed by atoms with E-state index in [9.17, 15) is 14.0 Å². The zero-order valence-corrected chi connectivity index (χ0v) is 13.4. The van der Waals surface area contributed by atoms with E-state index in [1.165, 1.54) is 19.2 Å². The Morgan fingerprint density at radius 2 is 2.09 bits per heavy atom. The molecule has 2 aliphatic rings. The summed E-state index contributed by atoms with van der Waals surface area (Å²) in [5, 5.41) is 0. The maximum absolute atomic E-state index is 13.5. The largest absolute Gasteiger partial charge is 0.369 e. The van der Waals surface area contributed by atoms with Crippen LogP contribution in [-0.4, -0.2) is 48.6 Å². The van der Waals surface area contributed by atoms with Crippen LogP contribution in [0.5, 0.6) is 0 Å². The molecular weight excluding hydrogens is 299 g/mol. The summed E-state index contributed by atoms with van der Waals surface area (Å²) in [4.78, 5) is 27.8. The Kier molecular flexibility index (Phi) is 4.10. The van der Waals surface area contributed by atoms with Crippen molar-refractivity contribution in [2.45, 2.75) is 37.8 Å². The molecule has 1 aromatic carbocycles. The van der Waals surface area contributed by atoms with Gasteiger partial charge < -0.3 is 14.5 Å². The number of benzene rings is 1. The van der Waals surface area contributed by atoms with E-state index in [2.05, 4.69) is 0 Å². The van der Waals surface area contributed by atoms with E-state index in [-0.39, 0.29) is 17.6 Å². The highest BCUT2D eigenvalue weighted by Crippen LogP contribution is 2.45. The zero-order chi connectivity index (χ0) is 16.6. The molecule has 0 bridgehead atoms. The van der Waals surface area contributed by atoms with Gasteiger partial charge in [-0.15, -0.1) is 0 Å². The van der Waals surface area contributed by atoms with Crippen molar-refractivity contribution < 1.29 is 18.7 Å². The first-order valence-electron chi connectivity index (χ1n) is 7.93. The number of carbonyl (C=O) groups is 2. The summed E-state index contributed by atoms with van der Waals surface area (Å²) in [5.74, 6) is -0.393. The highest BCUT2D eigenvalue weighted by atomic mass is 19.1. The number of likely N-dealkylation sites (tertiary alicyclic amines) is 1. The fraction of sp³-hybridized carbons (Fsp3) is 0.529. The van der Waals surface area contributed by atoms with Gasteiger partial charge in [0, 0.05) is 32.3 Å². The number of β-lactam (4-membered cyclic amide) rings is 1. The fourth-order valence-corrected chi connectivity index (χ4v) is 3.79. The van der Waals surface area contributed by atoms with E-state index < -0.39 is 11.6 Å². The Labute approximate surface area is 135 Å². The fourth-order valence-electron chi connectivity index (χ4n) is 3.79.